The zero-order valence-electron chi connectivity index (χ0n) is 7.81. The first-order chi connectivity index (χ1) is 7.34. The molecular weight excluding hydrogens is 193 g/mol. The first-order valence-electron chi connectivity index (χ1n) is 4.60. The first-order valence-corrected chi connectivity index (χ1v) is 4.60. The van der Waals surface area contributed by atoms with Crippen LogP contribution in [-0.4, -0.2) is 14.4 Å². The molecule has 3 aromatic heterocycles. The Labute approximate surface area is 85.2 Å². The molecule has 0 aromatic carbocycles. The van der Waals surface area contributed by atoms with Gasteiger partial charge in [-0.25, -0.2) is 9.37 Å². The Hall–Kier alpha value is -2.10. The maximum atomic E-state index is 12.9. The Balaban J connectivity index is 2.29. The Bertz CT molecular complexity index is 595. The van der Waals surface area contributed by atoms with E-state index in [4.69, 9.17) is 0 Å². The zero-order chi connectivity index (χ0) is 10.3. The molecule has 1 N–H and O–H groups in total. The predicted octanol–water partition coefficient (Wildman–Crippen LogP) is 2.47. The minimum atomic E-state index is -0.270. The molecule has 0 fully saturated rings. The van der Waals surface area contributed by atoms with Gasteiger partial charge in [0.1, 0.15) is 11.5 Å². The lowest BCUT2D eigenvalue weighted by Crippen LogP contribution is -1.87. The van der Waals surface area contributed by atoms with Crippen molar-refractivity contribution in [3.05, 3.63) is 48.8 Å². The summed E-state index contributed by atoms with van der Waals surface area (Å²) in [5, 5.41) is 0. The van der Waals surface area contributed by atoms with Crippen LogP contribution in [0, 0.1) is 5.82 Å². The van der Waals surface area contributed by atoms with Gasteiger partial charge >= 0.3 is 0 Å². The molecular formula is C11H8FN3. The number of aromatic amines is 1. The second-order valence-electron chi connectivity index (χ2n) is 3.32. The zero-order valence-corrected chi connectivity index (χ0v) is 7.81. The van der Waals surface area contributed by atoms with Crippen molar-refractivity contribution in [2.24, 2.45) is 0 Å². The van der Waals surface area contributed by atoms with Crippen molar-refractivity contribution in [1.29, 1.82) is 0 Å². The monoisotopic (exact) mass is 201 g/mol. The molecule has 3 nitrogen and oxygen atoms in total. The third-order valence-corrected chi connectivity index (χ3v) is 2.37. The Morgan fingerprint density at radius 1 is 1.33 bits per heavy atom. The van der Waals surface area contributed by atoms with Crippen LogP contribution in [0.4, 0.5) is 4.39 Å². The van der Waals surface area contributed by atoms with Gasteiger partial charge in [0.15, 0.2) is 0 Å². The predicted molar refractivity (Wildman–Crippen MR) is 54.9 cm³/mol. The van der Waals surface area contributed by atoms with Crippen LogP contribution >= 0.6 is 0 Å². The SMILES string of the molecule is Fc1ccn2c(-c3cc[nH]c3)cnc2c1. The van der Waals surface area contributed by atoms with E-state index in [9.17, 15) is 4.39 Å². The molecule has 0 aliphatic heterocycles. The summed E-state index contributed by atoms with van der Waals surface area (Å²) in [7, 11) is 0. The van der Waals surface area contributed by atoms with Crippen LogP contribution in [0.25, 0.3) is 16.9 Å². The number of H-pyrrole nitrogens is 1. The molecule has 74 valence electrons. The third kappa shape index (κ3) is 1.22. The second-order valence-corrected chi connectivity index (χ2v) is 3.32. The fourth-order valence-electron chi connectivity index (χ4n) is 1.65. The molecule has 0 amide bonds. The van der Waals surface area contributed by atoms with E-state index in [0.29, 0.717) is 5.65 Å². The second kappa shape index (κ2) is 2.95. The number of halogens is 1. The number of pyridine rings is 1. The highest BCUT2D eigenvalue weighted by molar-refractivity contribution is 5.62. The summed E-state index contributed by atoms with van der Waals surface area (Å²) in [5.74, 6) is -0.270. The number of imidazole rings is 1. The minimum absolute atomic E-state index is 0.270. The van der Waals surface area contributed by atoms with E-state index < -0.39 is 0 Å². The number of rotatable bonds is 1. The first kappa shape index (κ1) is 8.23. The molecule has 3 aromatic rings. The summed E-state index contributed by atoms with van der Waals surface area (Å²) in [5.41, 5.74) is 2.60. The van der Waals surface area contributed by atoms with E-state index in [2.05, 4.69) is 9.97 Å². The summed E-state index contributed by atoms with van der Waals surface area (Å²) >= 11 is 0. The van der Waals surface area contributed by atoms with Crippen molar-refractivity contribution < 1.29 is 4.39 Å². The van der Waals surface area contributed by atoms with Gasteiger partial charge in [-0.05, 0) is 12.1 Å². The van der Waals surface area contributed by atoms with E-state index in [1.54, 1.807) is 12.4 Å². The van der Waals surface area contributed by atoms with E-state index in [-0.39, 0.29) is 5.82 Å². The lowest BCUT2D eigenvalue weighted by atomic mass is 10.2. The number of aromatic nitrogens is 3. The highest BCUT2D eigenvalue weighted by atomic mass is 19.1. The van der Waals surface area contributed by atoms with Gasteiger partial charge < -0.3 is 4.98 Å². The van der Waals surface area contributed by atoms with Gasteiger partial charge in [-0.15, -0.1) is 0 Å². The number of hydrogen-bond acceptors (Lipinski definition) is 1. The molecule has 0 atom stereocenters. The van der Waals surface area contributed by atoms with Crippen LogP contribution < -0.4 is 0 Å². The highest BCUT2D eigenvalue weighted by Gasteiger charge is 2.05. The number of hydrogen-bond donors (Lipinski definition) is 1. The minimum Gasteiger partial charge on any atom is -0.367 e. The summed E-state index contributed by atoms with van der Waals surface area (Å²) < 4.78 is 14.8. The molecule has 0 aliphatic rings. The quantitative estimate of drug-likeness (QED) is 0.644. The molecule has 3 rings (SSSR count). The highest BCUT2D eigenvalue weighted by Crippen LogP contribution is 2.20. The number of fused-ring (bicyclic) bond motifs is 1. The van der Waals surface area contributed by atoms with Gasteiger partial charge in [0, 0.05) is 30.2 Å². The van der Waals surface area contributed by atoms with E-state index in [1.807, 2.05) is 22.9 Å². The fraction of sp³-hybridized carbons (Fsp3) is 0. The van der Waals surface area contributed by atoms with Crippen LogP contribution in [0.1, 0.15) is 0 Å². The molecule has 15 heavy (non-hydrogen) atoms. The standard InChI is InChI=1S/C11H8FN3/c12-9-2-4-15-10(7-14-11(15)5-9)8-1-3-13-6-8/h1-7,13H. The third-order valence-electron chi connectivity index (χ3n) is 2.37. The molecule has 0 radical (unpaired) electrons. The van der Waals surface area contributed by atoms with Gasteiger partial charge in [-0.2, -0.15) is 0 Å². The number of nitrogens with one attached hydrogen (secondary N) is 1. The van der Waals surface area contributed by atoms with Gasteiger partial charge in [0.2, 0.25) is 0 Å². The Kier molecular flexibility index (Phi) is 1.62. The lowest BCUT2D eigenvalue weighted by molar-refractivity contribution is 0.626. The molecule has 0 saturated carbocycles. The number of nitrogens with zero attached hydrogens (tertiary/aromatic N) is 2. The van der Waals surface area contributed by atoms with Crippen molar-refractivity contribution in [1.82, 2.24) is 14.4 Å². The topological polar surface area (TPSA) is 33.1 Å². The Morgan fingerprint density at radius 3 is 3.07 bits per heavy atom. The Morgan fingerprint density at radius 2 is 2.27 bits per heavy atom. The van der Waals surface area contributed by atoms with Gasteiger partial charge in [-0.1, -0.05) is 0 Å². The average Bonchev–Trinajstić information content (AvgIpc) is 2.82. The maximum absolute atomic E-state index is 12.9. The smallest absolute Gasteiger partial charge is 0.140 e. The van der Waals surface area contributed by atoms with Crippen LogP contribution in [-0.2, 0) is 0 Å². The summed E-state index contributed by atoms with van der Waals surface area (Å²) in [6.45, 7) is 0. The average molecular weight is 201 g/mol. The van der Waals surface area contributed by atoms with Crippen molar-refractivity contribution in [3.8, 4) is 11.3 Å². The van der Waals surface area contributed by atoms with Crippen molar-refractivity contribution >= 4 is 5.65 Å². The van der Waals surface area contributed by atoms with Crippen molar-refractivity contribution in [2.45, 2.75) is 0 Å². The summed E-state index contributed by atoms with van der Waals surface area (Å²) in [6, 6.07) is 4.79. The molecule has 0 unspecified atom stereocenters. The lowest BCUT2D eigenvalue weighted by Gasteiger charge is -1.98. The molecule has 4 heteroatoms. The normalized spacial score (nSPS) is 11.0. The molecule has 3 heterocycles. The van der Waals surface area contributed by atoms with E-state index >= 15 is 0 Å². The molecule has 0 saturated heterocycles. The van der Waals surface area contributed by atoms with E-state index in [1.165, 1.54) is 12.1 Å². The molecule has 0 spiro atoms. The fourth-order valence-corrected chi connectivity index (χ4v) is 1.65. The molecule has 0 aliphatic carbocycles. The van der Waals surface area contributed by atoms with Gasteiger partial charge in [0.25, 0.3) is 0 Å². The van der Waals surface area contributed by atoms with E-state index in [0.717, 1.165) is 11.3 Å². The maximum Gasteiger partial charge on any atom is 0.140 e. The van der Waals surface area contributed by atoms with Crippen LogP contribution in [0.15, 0.2) is 43.0 Å². The summed E-state index contributed by atoms with van der Waals surface area (Å²) in [6.07, 6.45) is 7.14. The molecule has 0 bridgehead atoms. The largest absolute Gasteiger partial charge is 0.367 e. The summed E-state index contributed by atoms with van der Waals surface area (Å²) in [4.78, 5) is 7.12. The van der Waals surface area contributed by atoms with Crippen LogP contribution in [0.2, 0.25) is 0 Å². The van der Waals surface area contributed by atoms with Gasteiger partial charge in [0.05, 0.1) is 11.9 Å². The van der Waals surface area contributed by atoms with Crippen molar-refractivity contribution in [3.63, 3.8) is 0 Å². The van der Waals surface area contributed by atoms with Crippen molar-refractivity contribution in [2.75, 3.05) is 0 Å². The van der Waals surface area contributed by atoms with Gasteiger partial charge in [-0.3, -0.25) is 4.40 Å². The van der Waals surface area contributed by atoms with Crippen LogP contribution in [0.3, 0.4) is 0 Å². The van der Waals surface area contributed by atoms with Crippen LogP contribution in [0.5, 0.6) is 0 Å².